The lowest BCUT2D eigenvalue weighted by molar-refractivity contribution is 0.182. The lowest BCUT2D eigenvalue weighted by Crippen LogP contribution is -2.20. The van der Waals surface area contributed by atoms with Gasteiger partial charge >= 0.3 is 0 Å². The number of methoxy groups -OCH3 is 1. The summed E-state index contributed by atoms with van der Waals surface area (Å²) in [6, 6.07) is 0. The number of hydrogen-bond donors (Lipinski definition) is 1. The van der Waals surface area contributed by atoms with Gasteiger partial charge in [-0.3, -0.25) is 4.68 Å². The van der Waals surface area contributed by atoms with Crippen LogP contribution in [0, 0.1) is 5.92 Å². The average Bonchev–Trinajstić information content (AvgIpc) is 2.73. The highest BCUT2D eigenvalue weighted by Crippen LogP contribution is 2.16. The van der Waals surface area contributed by atoms with Crippen LogP contribution in [0.25, 0.3) is 0 Å². The molecule has 0 unspecified atom stereocenters. The van der Waals surface area contributed by atoms with Crippen LogP contribution in [0.4, 0.5) is 0 Å². The highest BCUT2D eigenvalue weighted by Gasteiger charge is 2.14. The minimum absolute atomic E-state index is 0.679. The van der Waals surface area contributed by atoms with Crippen molar-refractivity contribution in [3.05, 3.63) is 17.0 Å². The second-order valence-electron chi connectivity index (χ2n) is 5.32. The van der Waals surface area contributed by atoms with E-state index in [1.807, 2.05) is 0 Å². The van der Waals surface area contributed by atoms with Crippen LogP contribution in [0.3, 0.4) is 0 Å². The van der Waals surface area contributed by atoms with Gasteiger partial charge in [-0.05, 0) is 25.3 Å². The van der Waals surface area contributed by atoms with Crippen molar-refractivity contribution in [2.24, 2.45) is 5.92 Å². The molecule has 1 rings (SSSR count). The van der Waals surface area contributed by atoms with E-state index in [1.54, 1.807) is 7.11 Å². The summed E-state index contributed by atoms with van der Waals surface area (Å²) in [6.45, 7) is 12.4. The standard InChI is InChI=1S/C15H29N3O/c1-6-14-13(11-16-10-12(3)4)15(7-2)18(17-14)8-9-19-5/h12,16H,6-11H2,1-5H3. The zero-order chi connectivity index (χ0) is 14.3. The van der Waals surface area contributed by atoms with Crippen molar-refractivity contribution in [1.29, 1.82) is 0 Å². The number of aryl methyl sites for hydroxylation is 1. The minimum atomic E-state index is 0.679. The summed E-state index contributed by atoms with van der Waals surface area (Å²) >= 11 is 0. The largest absolute Gasteiger partial charge is 0.383 e. The second-order valence-corrected chi connectivity index (χ2v) is 5.32. The Morgan fingerprint density at radius 2 is 2.00 bits per heavy atom. The van der Waals surface area contributed by atoms with Gasteiger partial charge in [0, 0.05) is 24.9 Å². The molecule has 0 bridgehead atoms. The van der Waals surface area contributed by atoms with Crippen LogP contribution in [0.2, 0.25) is 0 Å². The summed E-state index contributed by atoms with van der Waals surface area (Å²) in [6.07, 6.45) is 2.01. The van der Waals surface area contributed by atoms with Crippen molar-refractivity contribution in [2.45, 2.75) is 53.6 Å². The predicted molar refractivity (Wildman–Crippen MR) is 79.4 cm³/mol. The summed E-state index contributed by atoms with van der Waals surface area (Å²) in [4.78, 5) is 0. The summed E-state index contributed by atoms with van der Waals surface area (Å²) in [5, 5.41) is 8.27. The molecular formula is C15H29N3O. The SMILES string of the molecule is CCc1nn(CCOC)c(CC)c1CNCC(C)C. The maximum atomic E-state index is 5.16. The Hall–Kier alpha value is -0.870. The Balaban J connectivity index is 2.83. The first kappa shape index (κ1) is 16.2. The van der Waals surface area contributed by atoms with E-state index in [9.17, 15) is 0 Å². The first-order valence-corrected chi connectivity index (χ1v) is 7.41. The third-order valence-electron chi connectivity index (χ3n) is 3.28. The Morgan fingerprint density at radius 1 is 1.26 bits per heavy atom. The quantitative estimate of drug-likeness (QED) is 0.747. The van der Waals surface area contributed by atoms with E-state index >= 15 is 0 Å². The molecule has 4 heteroatoms. The first-order chi connectivity index (χ1) is 9.13. The number of hydrogen-bond acceptors (Lipinski definition) is 3. The molecule has 110 valence electrons. The van der Waals surface area contributed by atoms with Gasteiger partial charge in [0.15, 0.2) is 0 Å². The molecule has 0 aliphatic carbocycles. The fourth-order valence-corrected chi connectivity index (χ4v) is 2.32. The number of nitrogens with zero attached hydrogens (tertiary/aromatic N) is 2. The Morgan fingerprint density at radius 3 is 2.53 bits per heavy atom. The fourth-order valence-electron chi connectivity index (χ4n) is 2.32. The van der Waals surface area contributed by atoms with Gasteiger partial charge in [0.05, 0.1) is 18.8 Å². The number of ether oxygens (including phenoxy) is 1. The van der Waals surface area contributed by atoms with E-state index in [1.165, 1.54) is 17.0 Å². The summed E-state index contributed by atoms with van der Waals surface area (Å²) in [5.41, 5.74) is 3.97. The number of nitrogens with one attached hydrogen (secondary N) is 1. The first-order valence-electron chi connectivity index (χ1n) is 7.41. The van der Waals surface area contributed by atoms with Crippen LogP contribution < -0.4 is 5.32 Å². The molecule has 0 atom stereocenters. The molecule has 0 saturated carbocycles. The molecular weight excluding hydrogens is 238 g/mol. The van der Waals surface area contributed by atoms with Crippen LogP contribution in [0.1, 0.15) is 44.6 Å². The molecule has 0 saturated heterocycles. The molecule has 0 amide bonds. The maximum Gasteiger partial charge on any atom is 0.0669 e. The van der Waals surface area contributed by atoms with E-state index in [0.29, 0.717) is 5.92 Å². The smallest absolute Gasteiger partial charge is 0.0669 e. The van der Waals surface area contributed by atoms with Gasteiger partial charge < -0.3 is 10.1 Å². The third kappa shape index (κ3) is 4.62. The summed E-state index contributed by atoms with van der Waals surface area (Å²) < 4.78 is 7.28. The van der Waals surface area contributed by atoms with Gasteiger partial charge in [-0.15, -0.1) is 0 Å². The molecule has 4 nitrogen and oxygen atoms in total. The van der Waals surface area contributed by atoms with Gasteiger partial charge in [-0.25, -0.2) is 0 Å². The summed E-state index contributed by atoms with van der Waals surface area (Å²) in [7, 11) is 1.74. The van der Waals surface area contributed by atoms with Crippen molar-refractivity contribution >= 4 is 0 Å². The molecule has 0 spiro atoms. The van der Waals surface area contributed by atoms with Gasteiger partial charge in [0.1, 0.15) is 0 Å². The zero-order valence-corrected chi connectivity index (χ0v) is 13.1. The lowest BCUT2D eigenvalue weighted by atomic mass is 10.1. The average molecular weight is 267 g/mol. The van der Waals surface area contributed by atoms with Gasteiger partial charge in [-0.1, -0.05) is 27.7 Å². The van der Waals surface area contributed by atoms with E-state index in [-0.39, 0.29) is 0 Å². The van der Waals surface area contributed by atoms with Crippen LogP contribution in [0.5, 0.6) is 0 Å². The van der Waals surface area contributed by atoms with Crippen LogP contribution in [-0.4, -0.2) is 30.0 Å². The molecule has 1 aromatic heterocycles. The second kappa shape index (κ2) is 8.33. The molecule has 0 fully saturated rings. The highest BCUT2D eigenvalue weighted by atomic mass is 16.5. The minimum Gasteiger partial charge on any atom is -0.383 e. The van der Waals surface area contributed by atoms with Crippen molar-refractivity contribution in [2.75, 3.05) is 20.3 Å². The van der Waals surface area contributed by atoms with Crippen LogP contribution >= 0.6 is 0 Å². The zero-order valence-electron chi connectivity index (χ0n) is 13.1. The van der Waals surface area contributed by atoms with Gasteiger partial charge in [-0.2, -0.15) is 5.10 Å². The molecule has 19 heavy (non-hydrogen) atoms. The van der Waals surface area contributed by atoms with E-state index in [0.717, 1.165) is 39.1 Å². The molecule has 0 aliphatic heterocycles. The molecule has 0 aliphatic rings. The maximum absolute atomic E-state index is 5.16. The monoisotopic (exact) mass is 267 g/mol. The Bertz CT molecular complexity index is 372. The molecule has 1 aromatic rings. The number of aromatic nitrogens is 2. The third-order valence-corrected chi connectivity index (χ3v) is 3.28. The van der Waals surface area contributed by atoms with Crippen molar-refractivity contribution in [3.8, 4) is 0 Å². The molecule has 0 radical (unpaired) electrons. The normalized spacial score (nSPS) is 11.5. The molecule has 1 heterocycles. The molecule has 0 aromatic carbocycles. The van der Waals surface area contributed by atoms with E-state index in [2.05, 4.69) is 37.7 Å². The summed E-state index contributed by atoms with van der Waals surface area (Å²) in [5.74, 6) is 0.679. The van der Waals surface area contributed by atoms with Crippen molar-refractivity contribution in [1.82, 2.24) is 15.1 Å². The Labute approximate surface area is 117 Å². The van der Waals surface area contributed by atoms with E-state index < -0.39 is 0 Å². The van der Waals surface area contributed by atoms with E-state index in [4.69, 9.17) is 9.84 Å². The van der Waals surface area contributed by atoms with Crippen molar-refractivity contribution in [3.63, 3.8) is 0 Å². The van der Waals surface area contributed by atoms with Gasteiger partial charge in [0.25, 0.3) is 0 Å². The number of rotatable bonds is 9. The highest BCUT2D eigenvalue weighted by molar-refractivity contribution is 5.26. The van der Waals surface area contributed by atoms with Gasteiger partial charge in [0.2, 0.25) is 0 Å². The van der Waals surface area contributed by atoms with Crippen molar-refractivity contribution < 1.29 is 4.74 Å². The molecule has 1 N–H and O–H groups in total. The lowest BCUT2D eigenvalue weighted by Gasteiger charge is -2.10. The predicted octanol–water partition coefficient (Wildman–Crippen LogP) is 2.40. The fraction of sp³-hybridized carbons (Fsp3) is 0.800. The Kier molecular flexibility index (Phi) is 7.10. The van der Waals surface area contributed by atoms with Crippen LogP contribution in [0.15, 0.2) is 0 Å². The van der Waals surface area contributed by atoms with Crippen LogP contribution in [-0.2, 0) is 30.7 Å². The topological polar surface area (TPSA) is 39.1 Å².